The van der Waals surface area contributed by atoms with Gasteiger partial charge in [-0.25, -0.2) is 14.2 Å². The van der Waals surface area contributed by atoms with Gasteiger partial charge in [0, 0.05) is 23.9 Å². The molecule has 27 heavy (non-hydrogen) atoms. The zero-order valence-corrected chi connectivity index (χ0v) is 20.2. The molecule has 0 N–H and O–H groups in total. The molecule has 1 heterocycles. The molecule has 15 heteroatoms. The van der Waals surface area contributed by atoms with Gasteiger partial charge in [0.15, 0.2) is 9.67 Å². The number of rotatable bonds is 7. The quantitative estimate of drug-likeness (QED) is 0.402. The number of halogens is 8. The van der Waals surface area contributed by atoms with E-state index in [1.165, 1.54) is 0 Å². The number of benzene rings is 1. The van der Waals surface area contributed by atoms with Crippen LogP contribution in [0.15, 0.2) is 39.9 Å². The molecule has 5 nitrogen and oxygen atoms in total. The average molecular weight is 573 g/mol. The first-order chi connectivity index (χ1) is 12.4. The van der Waals surface area contributed by atoms with Gasteiger partial charge in [-0.3, -0.25) is 0 Å². The van der Waals surface area contributed by atoms with Crippen molar-refractivity contribution in [2.45, 2.75) is 17.0 Å². The van der Waals surface area contributed by atoms with E-state index in [0.717, 1.165) is 12.7 Å². The molecule has 0 radical (unpaired) electrons. The number of aromatic nitrogens is 3. The lowest BCUT2D eigenvalue weighted by molar-refractivity contribution is 0.875. The Kier molecular flexibility index (Phi) is 8.46. The molecule has 0 saturated carbocycles. The third-order valence-electron chi connectivity index (χ3n) is 2.81. The molecule has 0 atom stereocenters. The molecule has 1 aromatic heterocycles. The molecule has 2 rings (SSSR count). The molecule has 0 amide bonds. The van der Waals surface area contributed by atoms with Crippen LogP contribution in [-0.2, 0) is 0 Å². The van der Waals surface area contributed by atoms with E-state index in [1.54, 1.807) is 30.3 Å². The summed E-state index contributed by atoms with van der Waals surface area (Å²) in [7, 11) is 0. The van der Waals surface area contributed by atoms with Crippen LogP contribution in [-0.4, -0.2) is 29.7 Å². The van der Waals surface area contributed by atoms with E-state index < -0.39 is 28.4 Å². The average Bonchev–Trinajstić information content (AvgIpc) is 2.79. The predicted octanol–water partition coefficient (Wildman–Crippen LogP) is 5.66. The number of alkyl halides is 8. The molecule has 0 aliphatic carbocycles. The predicted molar refractivity (Wildman–Crippen MR) is 120 cm³/mol. The summed E-state index contributed by atoms with van der Waals surface area (Å²) in [6.07, 6.45) is 0. The molecule has 2 aromatic rings. The molecule has 0 bridgehead atoms. The summed E-state index contributed by atoms with van der Waals surface area (Å²) in [5, 5.41) is 0. The van der Waals surface area contributed by atoms with Crippen LogP contribution >= 0.6 is 117 Å². The molecule has 150 valence electrons. The first-order valence-corrected chi connectivity index (χ1v) is 11.4. The fourth-order valence-corrected chi connectivity index (χ4v) is 4.36. The minimum Gasteiger partial charge on any atom is -0.244 e. The highest BCUT2D eigenvalue weighted by Crippen LogP contribution is 2.45. The highest BCUT2D eigenvalue weighted by Gasteiger charge is 2.40. The van der Waals surface area contributed by atoms with Crippen LogP contribution < -0.4 is 11.4 Å². The summed E-state index contributed by atoms with van der Waals surface area (Å²) in [5.41, 5.74) is -1.34. The minimum absolute atomic E-state index is 0.285. The summed E-state index contributed by atoms with van der Waals surface area (Å²) < 4.78 is -1.29. The number of hydrogen-bond donors (Lipinski definition) is 0. The second-order valence-electron chi connectivity index (χ2n) is 4.69. The van der Waals surface area contributed by atoms with Gasteiger partial charge in [0.2, 0.25) is 7.33 Å². The van der Waals surface area contributed by atoms with Crippen molar-refractivity contribution in [1.82, 2.24) is 12.7 Å². The topological polar surface area (TPSA) is 48.9 Å². The van der Waals surface area contributed by atoms with Crippen LogP contribution in [0.25, 0.3) is 5.69 Å². The Hall–Kier alpha value is 0.980. The Balaban J connectivity index is 2.69. The van der Waals surface area contributed by atoms with Crippen molar-refractivity contribution in [2.75, 3.05) is 0 Å². The van der Waals surface area contributed by atoms with Crippen LogP contribution in [0.5, 0.6) is 0 Å². The van der Waals surface area contributed by atoms with Crippen LogP contribution in [0.2, 0.25) is 0 Å². The van der Waals surface area contributed by atoms with Crippen molar-refractivity contribution >= 4 is 117 Å². The van der Waals surface area contributed by atoms with Crippen molar-refractivity contribution in [3.8, 4) is 5.69 Å². The summed E-state index contributed by atoms with van der Waals surface area (Å²) in [5.74, 6) is 0. The van der Waals surface area contributed by atoms with Gasteiger partial charge in [-0.15, -0.1) is 46.4 Å². The smallest absolute Gasteiger partial charge is 0.244 e. The fraction of sp³-hybridized carbons (Fsp3) is 0.333. The van der Waals surface area contributed by atoms with E-state index in [-0.39, 0.29) is 5.69 Å². The third-order valence-corrected chi connectivity index (χ3v) is 9.28. The van der Waals surface area contributed by atoms with E-state index in [1.807, 2.05) is 0 Å². The van der Waals surface area contributed by atoms with Crippen molar-refractivity contribution in [1.29, 1.82) is 0 Å². The second-order valence-corrected chi connectivity index (χ2v) is 12.9. The molecule has 0 saturated heterocycles. The van der Waals surface area contributed by atoms with Crippen molar-refractivity contribution in [3.63, 3.8) is 0 Å². The van der Waals surface area contributed by atoms with E-state index in [0.29, 0.717) is 23.9 Å². The lowest BCUT2D eigenvalue weighted by atomic mass is 10.3. The van der Waals surface area contributed by atoms with Gasteiger partial charge in [0.25, 0.3) is 0 Å². The highest BCUT2D eigenvalue weighted by molar-refractivity contribution is 8.04. The van der Waals surface area contributed by atoms with E-state index in [2.05, 4.69) is 0 Å². The van der Waals surface area contributed by atoms with Crippen molar-refractivity contribution in [3.05, 3.63) is 51.3 Å². The number of nitrogens with zero attached hydrogens (tertiary/aromatic N) is 3. The van der Waals surface area contributed by atoms with E-state index >= 15 is 0 Å². The first kappa shape index (κ1) is 24.3. The number of para-hydroxylation sites is 1. The third kappa shape index (κ3) is 5.57. The van der Waals surface area contributed by atoms with Gasteiger partial charge in [0.1, 0.15) is 0 Å². The standard InChI is InChI=1S/C12H7Cl8N3O2S2/c13-7(14)11(17,18)26-22-9(24)21(6-4-2-1-3-5-6)10(25)23(22)27-12(19,20)8(15)16/h1-5,7-8H. The summed E-state index contributed by atoms with van der Waals surface area (Å²) >= 11 is 48.1. The zero-order valence-electron chi connectivity index (χ0n) is 12.5. The summed E-state index contributed by atoms with van der Waals surface area (Å²) in [4.78, 5) is 23.1. The fourth-order valence-electron chi connectivity index (χ4n) is 1.67. The molecule has 0 aliphatic heterocycles. The molecule has 0 aliphatic rings. The maximum atomic E-state index is 12.9. The molecule has 0 fully saturated rings. The van der Waals surface area contributed by atoms with Crippen molar-refractivity contribution < 1.29 is 0 Å². The van der Waals surface area contributed by atoms with E-state index in [4.69, 9.17) is 92.8 Å². The molecular formula is C12H7Cl8N3O2S2. The second kappa shape index (κ2) is 9.41. The van der Waals surface area contributed by atoms with E-state index in [9.17, 15) is 9.59 Å². The van der Waals surface area contributed by atoms with Crippen LogP contribution in [0.4, 0.5) is 0 Å². The lowest BCUT2D eigenvalue weighted by Gasteiger charge is -2.23. The molecule has 0 unspecified atom stereocenters. The largest absolute Gasteiger partial charge is 0.363 e. The first-order valence-electron chi connectivity index (χ1n) is 6.62. The highest BCUT2D eigenvalue weighted by atomic mass is 35.6. The Bertz CT molecular complexity index is 856. The van der Waals surface area contributed by atoms with Crippen LogP contribution in [0, 0.1) is 0 Å². The lowest BCUT2D eigenvalue weighted by Crippen LogP contribution is -2.30. The Labute approximate surface area is 201 Å². The van der Waals surface area contributed by atoms with Gasteiger partial charge in [-0.1, -0.05) is 64.6 Å². The summed E-state index contributed by atoms with van der Waals surface area (Å²) in [6.45, 7) is 0. The summed E-state index contributed by atoms with van der Waals surface area (Å²) in [6, 6.07) is 8.10. The van der Waals surface area contributed by atoms with Gasteiger partial charge in [0.05, 0.1) is 5.69 Å². The molecule has 0 spiro atoms. The Morgan fingerprint density at radius 1 is 0.741 bits per heavy atom. The maximum absolute atomic E-state index is 12.9. The van der Waals surface area contributed by atoms with Crippen LogP contribution in [0.1, 0.15) is 0 Å². The van der Waals surface area contributed by atoms with Gasteiger partial charge in [-0.05, 0) is 12.1 Å². The van der Waals surface area contributed by atoms with Gasteiger partial charge in [-0.2, -0.15) is 8.17 Å². The monoisotopic (exact) mass is 569 g/mol. The Morgan fingerprint density at radius 3 is 1.44 bits per heavy atom. The van der Waals surface area contributed by atoms with Gasteiger partial charge >= 0.3 is 11.4 Å². The minimum atomic E-state index is -1.88. The van der Waals surface area contributed by atoms with Crippen LogP contribution in [0.3, 0.4) is 0 Å². The zero-order chi connectivity index (χ0) is 20.6. The van der Waals surface area contributed by atoms with Gasteiger partial charge < -0.3 is 0 Å². The molecule has 1 aromatic carbocycles. The Morgan fingerprint density at radius 2 is 1.11 bits per heavy atom. The number of hydrogen-bond acceptors (Lipinski definition) is 4. The SMILES string of the molecule is O=c1n(-c2ccccc2)c(=O)n(SC(Cl)(Cl)C(Cl)Cl)n1SC(Cl)(Cl)C(Cl)Cl. The maximum Gasteiger partial charge on any atom is 0.363 e. The van der Waals surface area contributed by atoms with Crippen molar-refractivity contribution in [2.24, 2.45) is 0 Å². The molecular weight excluding hydrogens is 566 g/mol. The normalized spacial score (nSPS) is 13.0.